The van der Waals surface area contributed by atoms with Crippen LogP contribution in [0.4, 0.5) is 5.69 Å². The highest BCUT2D eigenvalue weighted by Gasteiger charge is 2.27. The van der Waals surface area contributed by atoms with E-state index in [0.717, 1.165) is 24.4 Å². The third kappa shape index (κ3) is 3.11. The molecular formula is C19H29NO. The minimum Gasteiger partial charge on any atom is -0.388 e. The maximum Gasteiger partial charge on any atom is 0.0818 e. The van der Waals surface area contributed by atoms with Crippen molar-refractivity contribution in [2.24, 2.45) is 11.8 Å². The Balaban J connectivity index is 1.72. The summed E-state index contributed by atoms with van der Waals surface area (Å²) in [7, 11) is 2.17. The Morgan fingerprint density at radius 3 is 2.71 bits per heavy atom. The average Bonchev–Trinajstić information content (AvgIpc) is 2.54. The van der Waals surface area contributed by atoms with Crippen LogP contribution in [-0.2, 0) is 6.42 Å². The van der Waals surface area contributed by atoms with E-state index in [1.807, 2.05) is 0 Å². The van der Waals surface area contributed by atoms with Gasteiger partial charge < -0.3 is 10.0 Å². The number of aliphatic hydroxyl groups excluding tert-OH is 1. The van der Waals surface area contributed by atoms with Crippen LogP contribution in [0, 0.1) is 11.8 Å². The lowest BCUT2D eigenvalue weighted by molar-refractivity contribution is 0.0729. The minimum atomic E-state index is -0.264. The molecule has 0 radical (unpaired) electrons. The Hall–Kier alpha value is -1.02. The third-order valence-electron chi connectivity index (χ3n) is 5.71. The quantitative estimate of drug-likeness (QED) is 0.895. The zero-order valence-corrected chi connectivity index (χ0v) is 13.5. The van der Waals surface area contributed by atoms with Crippen molar-refractivity contribution in [2.75, 3.05) is 18.5 Å². The van der Waals surface area contributed by atoms with E-state index >= 15 is 0 Å². The van der Waals surface area contributed by atoms with Crippen molar-refractivity contribution >= 4 is 5.69 Å². The van der Waals surface area contributed by atoms with E-state index in [9.17, 15) is 5.11 Å². The fourth-order valence-corrected chi connectivity index (χ4v) is 4.17. The number of aryl methyl sites for hydroxylation is 1. The van der Waals surface area contributed by atoms with E-state index < -0.39 is 0 Å². The van der Waals surface area contributed by atoms with Gasteiger partial charge in [-0.1, -0.05) is 38.3 Å². The normalized spacial score (nSPS) is 27.3. The van der Waals surface area contributed by atoms with Crippen LogP contribution in [0.15, 0.2) is 18.2 Å². The number of nitrogens with zero attached hydrogens (tertiary/aromatic N) is 1. The van der Waals surface area contributed by atoms with Gasteiger partial charge in [0.1, 0.15) is 0 Å². The van der Waals surface area contributed by atoms with E-state index in [2.05, 4.69) is 37.1 Å². The molecule has 116 valence electrons. The second-order valence-corrected chi connectivity index (χ2v) is 7.05. The number of hydrogen-bond acceptors (Lipinski definition) is 2. The van der Waals surface area contributed by atoms with Crippen LogP contribution in [0.25, 0.3) is 0 Å². The molecule has 3 rings (SSSR count). The van der Waals surface area contributed by atoms with Gasteiger partial charge in [-0.3, -0.25) is 0 Å². The Morgan fingerprint density at radius 2 is 2.00 bits per heavy atom. The lowest BCUT2D eigenvalue weighted by Crippen LogP contribution is -2.25. The van der Waals surface area contributed by atoms with Gasteiger partial charge in [-0.2, -0.15) is 0 Å². The van der Waals surface area contributed by atoms with Crippen LogP contribution in [0.2, 0.25) is 0 Å². The largest absolute Gasteiger partial charge is 0.388 e. The van der Waals surface area contributed by atoms with E-state index in [4.69, 9.17) is 0 Å². The van der Waals surface area contributed by atoms with E-state index in [-0.39, 0.29) is 6.10 Å². The monoisotopic (exact) mass is 287 g/mol. The minimum absolute atomic E-state index is 0.264. The molecule has 2 nitrogen and oxygen atoms in total. The first-order chi connectivity index (χ1) is 10.2. The molecule has 0 bridgehead atoms. The molecule has 1 unspecified atom stereocenters. The number of aliphatic hydroxyl groups is 1. The molecule has 1 atom stereocenters. The molecule has 1 aliphatic carbocycles. The van der Waals surface area contributed by atoms with E-state index in [1.165, 1.54) is 49.8 Å². The van der Waals surface area contributed by atoms with Crippen molar-refractivity contribution < 1.29 is 5.11 Å². The van der Waals surface area contributed by atoms with Crippen molar-refractivity contribution in [3.8, 4) is 0 Å². The SMILES string of the molecule is CCC1CCC(C(O)c2ccc3c(c2)CCCN3C)CC1. The van der Waals surface area contributed by atoms with Crippen LogP contribution in [0.1, 0.15) is 62.7 Å². The highest BCUT2D eigenvalue weighted by Crippen LogP contribution is 2.39. The number of rotatable bonds is 3. The highest BCUT2D eigenvalue weighted by atomic mass is 16.3. The van der Waals surface area contributed by atoms with Crippen molar-refractivity contribution in [3.05, 3.63) is 29.3 Å². The highest BCUT2D eigenvalue weighted by molar-refractivity contribution is 5.56. The zero-order chi connectivity index (χ0) is 14.8. The Morgan fingerprint density at radius 1 is 1.24 bits per heavy atom. The molecule has 0 spiro atoms. The van der Waals surface area contributed by atoms with Gasteiger partial charge in [0.15, 0.2) is 0 Å². The van der Waals surface area contributed by atoms with Crippen molar-refractivity contribution in [1.29, 1.82) is 0 Å². The van der Waals surface area contributed by atoms with Crippen LogP contribution in [0.5, 0.6) is 0 Å². The molecule has 21 heavy (non-hydrogen) atoms. The van der Waals surface area contributed by atoms with Gasteiger partial charge in [-0.25, -0.2) is 0 Å². The maximum absolute atomic E-state index is 10.8. The zero-order valence-electron chi connectivity index (χ0n) is 13.5. The molecule has 0 saturated heterocycles. The molecule has 1 N–H and O–H groups in total. The third-order valence-corrected chi connectivity index (χ3v) is 5.71. The first kappa shape index (κ1) is 14.9. The molecule has 1 aromatic rings. The summed E-state index contributed by atoms with van der Waals surface area (Å²) in [5.74, 6) is 1.36. The molecule has 1 aliphatic heterocycles. The first-order valence-electron chi connectivity index (χ1n) is 8.71. The van der Waals surface area contributed by atoms with E-state index in [0.29, 0.717) is 5.92 Å². The predicted octanol–water partition coefficient (Wildman–Crippen LogP) is 4.32. The lowest BCUT2D eigenvalue weighted by atomic mass is 9.77. The molecule has 0 aromatic heterocycles. The number of hydrogen-bond donors (Lipinski definition) is 1. The molecular weight excluding hydrogens is 258 g/mol. The second-order valence-electron chi connectivity index (χ2n) is 7.05. The average molecular weight is 287 g/mol. The Bertz CT molecular complexity index is 476. The smallest absolute Gasteiger partial charge is 0.0818 e. The lowest BCUT2D eigenvalue weighted by Gasteiger charge is -2.32. The van der Waals surface area contributed by atoms with Gasteiger partial charge in [-0.05, 0) is 54.7 Å². The summed E-state index contributed by atoms with van der Waals surface area (Å²) in [5.41, 5.74) is 3.92. The van der Waals surface area contributed by atoms with Crippen LogP contribution in [0.3, 0.4) is 0 Å². The molecule has 1 aromatic carbocycles. The summed E-state index contributed by atoms with van der Waals surface area (Å²) in [4.78, 5) is 2.33. The van der Waals surface area contributed by atoms with Gasteiger partial charge in [0.2, 0.25) is 0 Å². The van der Waals surface area contributed by atoms with Gasteiger partial charge in [0.05, 0.1) is 6.10 Å². The first-order valence-corrected chi connectivity index (χ1v) is 8.71. The molecule has 1 saturated carbocycles. The van der Waals surface area contributed by atoms with Crippen molar-refractivity contribution in [2.45, 2.75) is 58.0 Å². The molecule has 1 fully saturated rings. The van der Waals surface area contributed by atoms with E-state index in [1.54, 1.807) is 0 Å². The fraction of sp³-hybridized carbons (Fsp3) is 0.684. The van der Waals surface area contributed by atoms with Crippen LogP contribution >= 0.6 is 0 Å². The number of fused-ring (bicyclic) bond motifs is 1. The summed E-state index contributed by atoms with van der Waals surface area (Å²) in [6.45, 7) is 3.44. The summed E-state index contributed by atoms with van der Waals surface area (Å²) >= 11 is 0. The molecule has 2 heteroatoms. The summed E-state index contributed by atoms with van der Waals surface area (Å²) in [6.07, 6.45) is 8.40. The molecule has 2 aliphatic rings. The Kier molecular flexibility index (Phi) is 4.54. The van der Waals surface area contributed by atoms with Crippen molar-refractivity contribution in [3.63, 3.8) is 0 Å². The van der Waals surface area contributed by atoms with Crippen LogP contribution < -0.4 is 4.90 Å². The van der Waals surface area contributed by atoms with Gasteiger partial charge in [0, 0.05) is 19.3 Å². The van der Waals surface area contributed by atoms with Crippen LogP contribution in [-0.4, -0.2) is 18.7 Å². The van der Waals surface area contributed by atoms with Gasteiger partial charge in [-0.15, -0.1) is 0 Å². The molecule has 0 amide bonds. The fourth-order valence-electron chi connectivity index (χ4n) is 4.17. The topological polar surface area (TPSA) is 23.5 Å². The van der Waals surface area contributed by atoms with Gasteiger partial charge in [0.25, 0.3) is 0 Å². The predicted molar refractivity (Wildman–Crippen MR) is 88.7 cm³/mol. The standard InChI is InChI=1S/C19H29NO/c1-3-14-6-8-15(9-7-14)19(21)17-10-11-18-16(13-17)5-4-12-20(18)2/h10-11,13-15,19,21H,3-9,12H2,1-2H3. The maximum atomic E-state index is 10.8. The Labute approximate surface area is 129 Å². The summed E-state index contributed by atoms with van der Waals surface area (Å²) < 4.78 is 0. The summed E-state index contributed by atoms with van der Waals surface area (Å²) in [5, 5.41) is 10.8. The second kappa shape index (κ2) is 6.39. The number of anilines is 1. The summed E-state index contributed by atoms with van der Waals surface area (Å²) in [6, 6.07) is 6.63. The number of benzene rings is 1. The van der Waals surface area contributed by atoms with Crippen molar-refractivity contribution in [1.82, 2.24) is 0 Å². The molecule has 1 heterocycles. The van der Waals surface area contributed by atoms with Gasteiger partial charge >= 0.3 is 0 Å².